The molecule has 3 heterocycles. The van der Waals surface area contributed by atoms with Crippen molar-refractivity contribution in [3.8, 4) is 0 Å². The fourth-order valence-corrected chi connectivity index (χ4v) is 2.55. The molecule has 0 aromatic carbocycles. The third-order valence-electron chi connectivity index (χ3n) is 3.84. The van der Waals surface area contributed by atoms with Crippen LogP contribution >= 0.6 is 0 Å². The van der Waals surface area contributed by atoms with Crippen molar-refractivity contribution in [2.24, 2.45) is 0 Å². The zero-order valence-electron chi connectivity index (χ0n) is 14.1. The van der Waals surface area contributed by atoms with Crippen LogP contribution < -0.4 is 10.2 Å². The molecule has 24 heavy (non-hydrogen) atoms. The van der Waals surface area contributed by atoms with E-state index in [0.29, 0.717) is 24.4 Å². The number of likely N-dealkylation sites (N-methyl/N-ethyl adjacent to an activating group) is 1. The molecule has 7 nitrogen and oxygen atoms in total. The first-order chi connectivity index (χ1) is 11.6. The third kappa shape index (κ3) is 3.30. The predicted molar refractivity (Wildman–Crippen MR) is 95.8 cm³/mol. The van der Waals surface area contributed by atoms with E-state index >= 15 is 0 Å². The number of hydrogen-bond donors (Lipinski definition) is 2. The molecule has 0 bridgehead atoms. The molecule has 0 atom stereocenters. The van der Waals surface area contributed by atoms with Crippen LogP contribution in [0, 0.1) is 0 Å². The molecule has 0 fully saturated rings. The Hall–Kier alpha value is -2.67. The summed E-state index contributed by atoms with van der Waals surface area (Å²) in [6, 6.07) is 6.27. The second kappa shape index (κ2) is 6.84. The molecular formula is C17H22N6O. The Bertz CT molecular complexity index is 829. The molecule has 3 aromatic heterocycles. The molecule has 3 rings (SSSR count). The van der Waals surface area contributed by atoms with Gasteiger partial charge in [0.2, 0.25) is 5.95 Å². The first-order valence-corrected chi connectivity index (χ1v) is 7.97. The molecule has 0 saturated heterocycles. The van der Waals surface area contributed by atoms with E-state index in [9.17, 15) is 0 Å². The summed E-state index contributed by atoms with van der Waals surface area (Å²) < 4.78 is 2.21. The summed E-state index contributed by atoms with van der Waals surface area (Å²) in [4.78, 5) is 14.9. The van der Waals surface area contributed by atoms with Crippen LogP contribution in [0.25, 0.3) is 10.9 Å². The summed E-state index contributed by atoms with van der Waals surface area (Å²) in [6.45, 7) is 4.85. The summed E-state index contributed by atoms with van der Waals surface area (Å²) in [7, 11) is 1.84. The van der Waals surface area contributed by atoms with E-state index in [2.05, 4.69) is 50.9 Å². The van der Waals surface area contributed by atoms with E-state index in [1.54, 1.807) is 17.2 Å². The standard InChI is InChI=1S/C17H22N6O/c1-12(2)23-7-5-13-11-19-16(10-14(13)23)20-15-4-6-18-17(21-15)22(3)8-9-24/h4-7,10-12,24H,8-9H2,1-3H3,(H,18,19,20,21). The van der Waals surface area contributed by atoms with E-state index in [1.807, 2.05) is 19.3 Å². The van der Waals surface area contributed by atoms with E-state index in [-0.39, 0.29) is 6.61 Å². The average Bonchev–Trinajstić information content (AvgIpc) is 2.99. The van der Waals surface area contributed by atoms with Gasteiger partial charge >= 0.3 is 0 Å². The molecule has 2 N–H and O–H groups in total. The molecule has 126 valence electrons. The van der Waals surface area contributed by atoms with Crippen molar-refractivity contribution in [1.29, 1.82) is 0 Å². The van der Waals surface area contributed by atoms with Crippen LogP contribution in [-0.4, -0.2) is 44.8 Å². The second-order valence-electron chi connectivity index (χ2n) is 5.96. The van der Waals surface area contributed by atoms with E-state index in [1.165, 1.54) is 0 Å². The highest BCUT2D eigenvalue weighted by Gasteiger charge is 2.08. The van der Waals surface area contributed by atoms with Crippen LogP contribution in [0.2, 0.25) is 0 Å². The zero-order chi connectivity index (χ0) is 17.1. The minimum atomic E-state index is 0.0575. The van der Waals surface area contributed by atoms with E-state index in [4.69, 9.17) is 5.11 Å². The monoisotopic (exact) mass is 326 g/mol. The lowest BCUT2D eigenvalue weighted by molar-refractivity contribution is 0.303. The minimum absolute atomic E-state index is 0.0575. The van der Waals surface area contributed by atoms with Gasteiger partial charge in [-0.05, 0) is 26.0 Å². The molecule has 0 aliphatic carbocycles. The van der Waals surface area contributed by atoms with Crippen molar-refractivity contribution in [3.05, 3.63) is 36.8 Å². The molecular weight excluding hydrogens is 304 g/mol. The van der Waals surface area contributed by atoms with Gasteiger partial charge in [-0.25, -0.2) is 9.97 Å². The highest BCUT2D eigenvalue weighted by atomic mass is 16.3. The van der Waals surface area contributed by atoms with Crippen LogP contribution in [0.3, 0.4) is 0 Å². The minimum Gasteiger partial charge on any atom is -0.395 e. The van der Waals surface area contributed by atoms with Gasteiger partial charge in [0.05, 0.1) is 12.1 Å². The fraction of sp³-hybridized carbons (Fsp3) is 0.353. The van der Waals surface area contributed by atoms with Crippen LogP contribution in [0.5, 0.6) is 0 Å². The van der Waals surface area contributed by atoms with Gasteiger partial charge in [-0.15, -0.1) is 0 Å². The molecule has 0 aliphatic rings. The van der Waals surface area contributed by atoms with Crippen molar-refractivity contribution in [1.82, 2.24) is 19.5 Å². The van der Waals surface area contributed by atoms with Crippen LogP contribution in [-0.2, 0) is 0 Å². The van der Waals surface area contributed by atoms with Gasteiger partial charge in [0.25, 0.3) is 0 Å². The van der Waals surface area contributed by atoms with E-state index in [0.717, 1.165) is 16.7 Å². The van der Waals surface area contributed by atoms with Gasteiger partial charge in [0.15, 0.2) is 0 Å². The summed E-state index contributed by atoms with van der Waals surface area (Å²) in [5.74, 6) is 1.96. The molecule has 0 unspecified atom stereocenters. The number of aliphatic hydroxyl groups is 1. The lowest BCUT2D eigenvalue weighted by atomic mass is 10.3. The summed E-state index contributed by atoms with van der Waals surface area (Å²) in [6.07, 6.45) is 5.62. The number of aliphatic hydroxyl groups excluding tert-OH is 1. The largest absolute Gasteiger partial charge is 0.395 e. The van der Waals surface area contributed by atoms with Crippen molar-refractivity contribution in [3.63, 3.8) is 0 Å². The number of nitrogens with zero attached hydrogens (tertiary/aromatic N) is 5. The van der Waals surface area contributed by atoms with Crippen molar-refractivity contribution >= 4 is 28.5 Å². The molecule has 7 heteroatoms. The van der Waals surface area contributed by atoms with Crippen molar-refractivity contribution in [2.75, 3.05) is 30.4 Å². The Labute approximate surface area is 141 Å². The maximum absolute atomic E-state index is 9.03. The normalized spacial score (nSPS) is 11.2. The van der Waals surface area contributed by atoms with Crippen LogP contribution in [0.1, 0.15) is 19.9 Å². The Morgan fingerprint density at radius 3 is 2.83 bits per heavy atom. The van der Waals surface area contributed by atoms with Crippen LogP contribution in [0.15, 0.2) is 36.8 Å². The number of fused-ring (bicyclic) bond motifs is 1. The molecule has 3 aromatic rings. The Morgan fingerprint density at radius 2 is 2.08 bits per heavy atom. The highest BCUT2D eigenvalue weighted by Crippen LogP contribution is 2.23. The Kier molecular flexibility index (Phi) is 4.61. The SMILES string of the molecule is CC(C)n1ccc2cnc(Nc3ccnc(N(C)CCO)n3)cc21. The van der Waals surface area contributed by atoms with Gasteiger partial charge in [-0.3, -0.25) is 0 Å². The summed E-state index contributed by atoms with van der Waals surface area (Å²) >= 11 is 0. The van der Waals surface area contributed by atoms with Gasteiger partial charge in [-0.2, -0.15) is 4.98 Å². The quantitative estimate of drug-likeness (QED) is 0.725. The van der Waals surface area contributed by atoms with Gasteiger partial charge in [-0.1, -0.05) is 0 Å². The molecule has 0 aliphatic heterocycles. The predicted octanol–water partition coefficient (Wildman–Crippen LogP) is 2.58. The smallest absolute Gasteiger partial charge is 0.227 e. The van der Waals surface area contributed by atoms with Crippen molar-refractivity contribution in [2.45, 2.75) is 19.9 Å². The Morgan fingerprint density at radius 1 is 1.25 bits per heavy atom. The summed E-state index contributed by atoms with van der Waals surface area (Å²) in [5, 5.41) is 13.4. The highest BCUT2D eigenvalue weighted by molar-refractivity contribution is 5.82. The number of pyridine rings is 1. The Balaban J connectivity index is 1.87. The maximum atomic E-state index is 9.03. The lowest BCUT2D eigenvalue weighted by Gasteiger charge is -2.16. The topological polar surface area (TPSA) is 79.1 Å². The van der Waals surface area contributed by atoms with E-state index < -0.39 is 0 Å². The average molecular weight is 326 g/mol. The van der Waals surface area contributed by atoms with Gasteiger partial charge in [0.1, 0.15) is 11.6 Å². The maximum Gasteiger partial charge on any atom is 0.227 e. The molecule has 0 spiro atoms. The number of anilines is 3. The first-order valence-electron chi connectivity index (χ1n) is 7.97. The van der Waals surface area contributed by atoms with Gasteiger partial charge < -0.3 is 19.9 Å². The first kappa shape index (κ1) is 16.2. The number of hydrogen-bond acceptors (Lipinski definition) is 6. The summed E-state index contributed by atoms with van der Waals surface area (Å²) in [5.41, 5.74) is 1.13. The zero-order valence-corrected chi connectivity index (χ0v) is 14.1. The van der Waals surface area contributed by atoms with Crippen molar-refractivity contribution < 1.29 is 5.11 Å². The van der Waals surface area contributed by atoms with Crippen LogP contribution in [0.4, 0.5) is 17.6 Å². The number of nitrogens with one attached hydrogen (secondary N) is 1. The third-order valence-corrected chi connectivity index (χ3v) is 3.84. The fourth-order valence-electron chi connectivity index (χ4n) is 2.55. The van der Waals surface area contributed by atoms with Gasteiger partial charge in [0, 0.05) is 49.7 Å². The number of aromatic nitrogens is 4. The lowest BCUT2D eigenvalue weighted by Crippen LogP contribution is -2.23. The molecule has 0 amide bonds. The number of rotatable bonds is 6. The molecule has 0 radical (unpaired) electrons. The second-order valence-corrected chi connectivity index (χ2v) is 5.96. The molecule has 0 saturated carbocycles.